The van der Waals surface area contributed by atoms with Crippen LogP contribution in [-0.4, -0.2) is 32.2 Å². The highest BCUT2D eigenvalue weighted by atomic mass is 16.5. The van der Waals surface area contributed by atoms with Gasteiger partial charge in [0, 0.05) is 11.5 Å². The van der Waals surface area contributed by atoms with E-state index in [0.717, 1.165) is 35.7 Å². The molecule has 0 N–H and O–H groups in total. The Hall–Kier alpha value is -2.70. The van der Waals surface area contributed by atoms with Crippen molar-refractivity contribution in [2.45, 2.75) is 25.3 Å². The molecule has 0 saturated heterocycles. The number of hydrogen-bond donors (Lipinski definition) is 0. The molecule has 0 radical (unpaired) electrons. The zero-order valence-electron chi connectivity index (χ0n) is 12.1. The average molecular weight is 297 g/mol. The molecule has 0 unspecified atom stereocenters. The first-order valence-electron chi connectivity index (χ1n) is 7.19. The van der Waals surface area contributed by atoms with Crippen LogP contribution in [0.2, 0.25) is 0 Å². The molecule has 1 aliphatic rings. The Bertz CT molecular complexity index is 791. The molecule has 3 aromatic rings. The van der Waals surface area contributed by atoms with E-state index in [2.05, 4.69) is 20.5 Å². The first-order chi connectivity index (χ1) is 10.8. The molecule has 22 heavy (non-hydrogen) atoms. The molecular weight excluding hydrogens is 282 g/mol. The van der Waals surface area contributed by atoms with Gasteiger partial charge in [-0.1, -0.05) is 22.5 Å². The van der Waals surface area contributed by atoms with Crippen molar-refractivity contribution in [3.8, 4) is 17.0 Å². The van der Waals surface area contributed by atoms with E-state index < -0.39 is 0 Å². The summed E-state index contributed by atoms with van der Waals surface area (Å²) in [6.45, 7) is 0.419. The van der Waals surface area contributed by atoms with Gasteiger partial charge in [0.05, 0.1) is 13.3 Å². The second-order valence-electron chi connectivity index (χ2n) is 5.32. The number of para-hydroxylation sites is 1. The summed E-state index contributed by atoms with van der Waals surface area (Å²) in [6.07, 6.45) is 4.15. The van der Waals surface area contributed by atoms with Crippen LogP contribution in [0.25, 0.3) is 11.3 Å². The zero-order valence-corrected chi connectivity index (χ0v) is 12.1. The van der Waals surface area contributed by atoms with Gasteiger partial charge in [0.2, 0.25) is 5.89 Å². The Balaban J connectivity index is 1.55. The van der Waals surface area contributed by atoms with Gasteiger partial charge in [-0.25, -0.2) is 4.68 Å². The Morgan fingerprint density at radius 1 is 1.32 bits per heavy atom. The Labute approximate surface area is 126 Å². The van der Waals surface area contributed by atoms with E-state index >= 15 is 0 Å². The van der Waals surface area contributed by atoms with Gasteiger partial charge in [0.15, 0.2) is 5.82 Å². The van der Waals surface area contributed by atoms with Crippen LogP contribution in [0.15, 0.2) is 35.0 Å². The molecule has 1 aliphatic carbocycles. The van der Waals surface area contributed by atoms with Crippen molar-refractivity contribution in [3.63, 3.8) is 0 Å². The molecule has 4 rings (SSSR count). The third-order valence-corrected chi connectivity index (χ3v) is 3.65. The Morgan fingerprint density at radius 3 is 3.00 bits per heavy atom. The van der Waals surface area contributed by atoms with Gasteiger partial charge in [0.25, 0.3) is 0 Å². The molecule has 112 valence electrons. The molecule has 0 atom stereocenters. The fourth-order valence-electron chi connectivity index (χ4n) is 2.33. The minimum absolute atomic E-state index is 0.419. The van der Waals surface area contributed by atoms with E-state index in [1.165, 1.54) is 0 Å². The van der Waals surface area contributed by atoms with Crippen LogP contribution >= 0.6 is 0 Å². The second-order valence-corrected chi connectivity index (χ2v) is 5.32. The van der Waals surface area contributed by atoms with E-state index in [9.17, 15) is 0 Å². The summed E-state index contributed by atoms with van der Waals surface area (Å²) in [5.41, 5.74) is 1.65. The molecule has 7 heteroatoms. The molecule has 1 saturated carbocycles. The lowest BCUT2D eigenvalue weighted by atomic mass is 10.1. The Morgan fingerprint density at radius 2 is 2.18 bits per heavy atom. The van der Waals surface area contributed by atoms with E-state index in [1.807, 2.05) is 30.5 Å². The van der Waals surface area contributed by atoms with Crippen LogP contribution in [0.4, 0.5) is 0 Å². The van der Waals surface area contributed by atoms with Gasteiger partial charge in [0.1, 0.15) is 18.0 Å². The van der Waals surface area contributed by atoms with Gasteiger partial charge in [-0.2, -0.15) is 4.98 Å². The molecular formula is C15H15N5O2. The highest BCUT2D eigenvalue weighted by Gasteiger charge is 2.28. The third kappa shape index (κ3) is 2.45. The predicted octanol–water partition coefficient (Wildman–Crippen LogP) is 2.26. The van der Waals surface area contributed by atoms with Gasteiger partial charge >= 0.3 is 0 Å². The number of methoxy groups -OCH3 is 1. The molecule has 0 aliphatic heterocycles. The lowest BCUT2D eigenvalue weighted by molar-refractivity contribution is 0.360. The lowest BCUT2D eigenvalue weighted by Gasteiger charge is -2.04. The number of aromatic nitrogens is 5. The molecule has 0 bridgehead atoms. The SMILES string of the molecule is COc1ccccc1-c1cn(Cc2nc(C3CC3)no2)nn1. The number of hydrogen-bond acceptors (Lipinski definition) is 6. The second kappa shape index (κ2) is 5.25. The number of ether oxygens (including phenoxy) is 1. The van der Waals surface area contributed by atoms with Crippen molar-refractivity contribution in [3.05, 3.63) is 42.2 Å². The third-order valence-electron chi connectivity index (χ3n) is 3.65. The quantitative estimate of drug-likeness (QED) is 0.718. The highest BCUT2D eigenvalue weighted by molar-refractivity contribution is 5.65. The summed E-state index contributed by atoms with van der Waals surface area (Å²) in [5.74, 6) is 2.61. The van der Waals surface area contributed by atoms with Crippen molar-refractivity contribution in [2.24, 2.45) is 0 Å². The van der Waals surface area contributed by atoms with Gasteiger partial charge < -0.3 is 9.26 Å². The summed E-state index contributed by atoms with van der Waals surface area (Å²) in [5, 5.41) is 12.3. The minimum Gasteiger partial charge on any atom is -0.496 e. The predicted molar refractivity (Wildman–Crippen MR) is 77.4 cm³/mol. The van der Waals surface area contributed by atoms with Crippen molar-refractivity contribution in [2.75, 3.05) is 7.11 Å². The zero-order chi connectivity index (χ0) is 14.9. The molecule has 0 amide bonds. The largest absolute Gasteiger partial charge is 0.496 e. The van der Waals surface area contributed by atoms with Crippen molar-refractivity contribution in [1.82, 2.24) is 25.1 Å². The van der Waals surface area contributed by atoms with Crippen LogP contribution in [0, 0.1) is 0 Å². The van der Waals surface area contributed by atoms with Gasteiger partial charge in [-0.05, 0) is 25.0 Å². The molecule has 1 aromatic carbocycles. The lowest BCUT2D eigenvalue weighted by Crippen LogP contribution is -2.00. The maximum absolute atomic E-state index is 5.35. The first-order valence-corrected chi connectivity index (χ1v) is 7.19. The number of nitrogens with zero attached hydrogens (tertiary/aromatic N) is 5. The fourth-order valence-corrected chi connectivity index (χ4v) is 2.33. The minimum atomic E-state index is 0.419. The topological polar surface area (TPSA) is 78.9 Å². The molecule has 7 nitrogen and oxygen atoms in total. The van der Waals surface area contributed by atoms with Crippen LogP contribution in [0.3, 0.4) is 0 Å². The summed E-state index contributed by atoms with van der Waals surface area (Å²) in [4.78, 5) is 4.39. The van der Waals surface area contributed by atoms with Crippen LogP contribution in [0.1, 0.15) is 30.5 Å². The summed E-state index contributed by atoms with van der Waals surface area (Å²) in [7, 11) is 1.64. The first kappa shape index (κ1) is 13.0. The molecule has 2 heterocycles. The maximum atomic E-state index is 5.35. The molecule has 0 spiro atoms. The van der Waals surface area contributed by atoms with E-state index in [-0.39, 0.29) is 0 Å². The van der Waals surface area contributed by atoms with Crippen molar-refractivity contribution < 1.29 is 9.26 Å². The summed E-state index contributed by atoms with van der Waals surface area (Å²) < 4.78 is 12.3. The molecule has 1 fully saturated rings. The Kier molecular flexibility index (Phi) is 3.10. The molecule has 2 aromatic heterocycles. The number of benzene rings is 1. The van der Waals surface area contributed by atoms with Gasteiger partial charge in [-0.3, -0.25) is 0 Å². The monoisotopic (exact) mass is 297 g/mol. The summed E-state index contributed by atoms with van der Waals surface area (Å²) in [6, 6.07) is 7.71. The van der Waals surface area contributed by atoms with Crippen LogP contribution in [-0.2, 0) is 6.54 Å². The number of rotatable bonds is 5. The standard InChI is InChI=1S/C15H15N5O2/c1-21-13-5-3-2-4-11(13)12-8-20(19-17-12)9-14-16-15(18-22-14)10-6-7-10/h2-5,8,10H,6-7,9H2,1H3. The van der Waals surface area contributed by atoms with E-state index in [1.54, 1.807) is 11.8 Å². The van der Waals surface area contributed by atoms with Crippen LogP contribution < -0.4 is 4.74 Å². The van der Waals surface area contributed by atoms with Crippen molar-refractivity contribution >= 4 is 0 Å². The maximum Gasteiger partial charge on any atom is 0.248 e. The van der Waals surface area contributed by atoms with Gasteiger partial charge in [-0.15, -0.1) is 5.10 Å². The van der Waals surface area contributed by atoms with E-state index in [0.29, 0.717) is 18.4 Å². The highest BCUT2D eigenvalue weighted by Crippen LogP contribution is 2.38. The summed E-state index contributed by atoms with van der Waals surface area (Å²) >= 11 is 0. The normalized spacial score (nSPS) is 14.2. The fraction of sp³-hybridized carbons (Fsp3) is 0.333. The van der Waals surface area contributed by atoms with Crippen LogP contribution in [0.5, 0.6) is 5.75 Å². The smallest absolute Gasteiger partial charge is 0.248 e. The van der Waals surface area contributed by atoms with Crippen molar-refractivity contribution in [1.29, 1.82) is 0 Å². The average Bonchev–Trinajstić information content (AvgIpc) is 3.13. The van der Waals surface area contributed by atoms with E-state index in [4.69, 9.17) is 9.26 Å².